The van der Waals surface area contributed by atoms with Crippen LogP contribution in [-0.4, -0.2) is 66.2 Å². The lowest BCUT2D eigenvalue weighted by molar-refractivity contribution is 0.312. The van der Waals surface area contributed by atoms with Crippen molar-refractivity contribution in [3.05, 3.63) is 72.7 Å². The van der Waals surface area contributed by atoms with Gasteiger partial charge in [-0.3, -0.25) is 0 Å². The fourth-order valence-electron chi connectivity index (χ4n) is 4.44. The molecule has 2 aliphatic rings. The van der Waals surface area contributed by atoms with Crippen LogP contribution in [0.5, 0.6) is 5.75 Å². The molecule has 0 aliphatic carbocycles. The lowest BCUT2D eigenvalue weighted by atomic mass is 9.95. The Hall–Kier alpha value is -3.45. The SMILES string of the molecule is C=C[C@H](CNc1cc(-c2ccc(N3CCN(C)CC3)nc2)ncn1)c1cccc2c1OCC2. The van der Waals surface area contributed by atoms with E-state index in [4.69, 9.17) is 9.72 Å². The van der Waals surface area contributed by atoms with Crippen LogP contribution in [0.3, 0.4) is 0 Å². The second kappa shape index (κ2) is 9.58. The van der Waals surface area contributed by atoms with Gasteiger partial charge in [-0.05, 0) is 24.7 Å². The minimum absolute atomic E-state index is 0.126. The van der Waals surface area contributed by atoms with Crippen LogP contribution in [0.1, 0.15) is 17.0 Å². The standard InChI is InChI=1S/C26H30N6O/c1-3-19(22-6-4-5-20-9-14-33-26(20)22)16-27-24-15-23(29-18-30-24)21-7-8-25(28-17-21)32-12-10-31(2)11-13-32/h3-8,15,17-19H,1,9-14,16H2,2H3,(H,27,29,30)/t19-/m1/s1. The number of nitrogens with one attached hydrogen (secondary N) is 1. The molecular weight excluding hydrogens is 412 g/mol. The molecule has 5 rings (SSSR count). The van der Waals surface area contributed by atoms with Gasteiger partial charge in [0.2, 0.25) is 0 Å². The molecule has 3 aromatic rings. The van der Waals surface area contributed by atoms with Crippen LogP contribution < -0.4 is 15.0 Å². The van der Waals surface area contributed by atoms with Crippen molar-refractivity contribution in [1.82, 2.24) is 19.9 Å². The van der Waals surface area contributed by atoms with E-state index in [0.29, 0.717) is 6.54 Å². The Kier molecular flexibility index (Phi) is 6.21. The van der Waals surface area contributed by atoms with Gasteiger partial charge in [0.05, 0.1) is 12.3 Å². The molecule has 2 aliphatic heterocycles. The predicted octanol–water partition coefficient (Wildman–Crippen LogP) is 3.61. The minimum Gasteiger partial charge on any atom is -0.493 e. The number of likely N-dealkylation sites (N-methyl/N-ethyl adjacent to an activating group) is 1. The molecule has 0 unspecified atom stereocenters. The van der Waals surface area contributed by atoms with E-state index >= 15 is 0 Å². The zero-order valence-electron chi connectivity index (χ0n) is 19.1. The first-order valence-electron chi connectivity index (χ1n) is 11.5. The molecule has 7 nitrogen and oxygen atoms in total. The summed E-state index contributed by atoms with van der Waals surface area (Å²) in [4.78, 5) is 18.2. The third-order valence-electron chi connectivity index (χ3n) is 6.47. The zero-order valence-corrected chi connectivity index (χ0v) is 19.1. The normalized spacial score (nSPS) is 16.7. The molecule has 1 aromatic carbocycles. The number of pyridine rings is 1. The van der Waals surface area contributed by atoms with Crippen LogP contribution >= 0.6 is 0 Å². The molecule has 170 valence electrons. The quantitative estimate of drug-likeness (QED) is 0.561. The molecular formula is C26H30N6O. The van der Waals surface area contributed by atoms with Gasteiger partial charge in [0, 0.05) is 68.5 Å². The van der Waals surface area contributed by atoms with Gasteiger partial charge >= 0.3 is 0 Å². The second-order valence-electron chi connectivity index (χ2n) is 8.64. The zero-order chi connectivity index (χ0) is 22.6. The van der Waals surface area contributed by atoms with Gasteiger partial charge in [-0.25, -0.2) is 15.0 Å². The molecule has 4 heterocycles. The highest BCUT2D eigenvalue weighted by molar-refractivity contribution is 5.63. The predicted molar refractivity (Wildman–Crippen MR) is 132 cm³/mol. The fraction of sp³-hybridized carbons (Fsp3) is 0.346. The Bertz CT molecular complexity index is 1110. The van der Waals surface area contributed by atoms with Crippen molar-refractivity contribution in [2.45, 2.75) is 12.3 Å². The van der Waals surface area contributed by atoms with Crippen LogP contribution in [0.2, 0.25) is 0 Å². The van der Waals surface area contributed by atoms with E-state index in [-0.39, 0.29) is 5.92 Å². The van der Waals surface area contributed by atoms with Gasteiger partial charge in [-0.1, -0.05) is 24.3 Å². The van der Waals surface area contributed by atoms with Gasteiger partial charge in [0.1, 0.15) is 23.7 Å². The summed E-state index contributed by atoms with van der Waals surface area (Å²) in [5.41, 5.74) is 4.28. The van der Waals surface area contributed by atoms with E-state index in [0.717, 1.165) is 67.8 Å². The minimum atomic E-state index is 0.126. The van der Waals surface area contributed by atoms with Crippen molar-refractivity contribution in [1.29, 1.82) is 0 Å². The van der Waals surface area contributed by atoms with E-state index in [1.807, 2.05) is 18.3 Å². The van der Waals surface area contributed by atoms with Crippen LogP contribution in [0.15, 0.2) is 61.6 Å². The lowest BCUT2D eigenvalue weighted by Gasteiger charge is -2.33. The Labute approximate surface area is 195 Å². The first-order valence-corrected chi connectivity index (χ1v) is 11.5. The first-order chi connectivity index (χ1) is 16.2. The second-order valence-corrected chi connectivity index (χ2v) is 8.64. The summed E-state index contributed by atoms with van der Waals surface area (Å²) in [6.45, 7) is 9.62. The molecule has 1 fully saturated rings. The average molecular weight is 443 g/mol. The summed E-state index contributed by atoms with van der Waals surface area (Å²) in [6.07, 6.45) is 6.43. The highest BCUT2D eigenvalue weighted by Crippen LogP contribution is 2.35. The maximum atomic E-state index is 5.89. The van der Waals surface area contributed by atoms with E-state index in [9.17, 15) is 0 Å². The van der Waals surface area contributed by atoms with Crippen molar-refractivity contribution < 1.29 is 4.74 Å². The monoisotopic (exact) mass is 442 g/mol. The van der Waals surface area contributed by atoms with Crippen molar-refractivity contribution in [3.8, 4) is 17.0 Å². The molecule has 1 saturated heterocycles. The van der Waals surface area contributed by atoms with Crippen molar-refractivity contribution in [3.63, 3.8) is 0 Å². The highest BCUT2D eigenvalue weighted by Gasteiger charge is 2.20. The number of piperazine rings is 1. The molecule has 1 N–H and O–H groups in total. The molecule has 7 heteroatoms. The molecule has 33 heavy (non-hydrogen) atoms. The summed E-state index contributed by atoms with van der Waals surface area (Å²) in [5, 5.41) is 3.45. The molecule has 0 bridgehead atoms. The summed E-state index contributed by atoms with van der Waals surface area (Å²) in [5.74, 6) is 2.94. The van der Waals surface area contributed by atoms with Crippen LogP contribution in [0, 0.1) is 0 Å². The smallest absolute Gasteiger partial charge is 0.129 e. The van der Waals surface area contributed by atoms with Crippen molar-refractivity contribution in [2.75, 3.05) is 56.6 Å². The number of ether oxygens (including phenoxy) is 1. The Morgan fingerprint density at radius 2 is 2.00 bits per heavy atom. The van der Waals surface area contributed by atoms with Gasteiger partial charge in [-0.15, -0.1) is 6.58 Å². The number of hydrogen-bond donors (Lipinski definition) is 1. The molecule has 0 radical (unpaired) electrons. The maximum absolute atomic E-state index is 5.89. The average Bonchev–Trinajstić information content (AvgIpc) is 3.35. The fourth-order valence-corrected chi connectivity index (χ4v) is 4.44. The molecule has 2 aromatic heterocycles. The number of rotatable bonds is 7. The van der Waals surface area contributed by atoms with Crippen LogP contribution in [0.4, 0.5) is 11.6 Å². The summed E-state index contributed by atoms with van der Waals surface area (Å²) < 4.78 is 5.89. The number of nitrogens with zero attached hydrogens (tertiary/aromatic N) is 5. The summed E-state index contributed by atoms with van der Waals surface area (Å²) in [7, 11) is 2.16. The molecule has 0 spiro atoms. The van der Waals surface area contributed by atoms with E-state index in [1.54, 1.807) is 6.33 Å². The topological polar surface area (TPSA) is 66.4 Å². The van der Waals surface area contributed by atoms with Crippen LogP contribution in [0.25, 0.3) is 11.3 Å². The lowest BCUT2D eigenvalue weighted by Crippen LogP contribution is -2.44. The number of fused-ring (bicyclic) bond motifs is 1. The van der Waals surface area contributed by atoms with Gasteiger partial charge in [-0.2, -0.15) is 0 Å². The van der Waals surface area contributed by atoms with E-state index in [2.05, 4.69) is 69.0 Å². The molecule has 0 saturated carbocycles. The Balaban J connectivity index is 1.27. The number of benzene rings is 1. The number of aromatic nitrogens is 3. The number of para-hydroxylation sites is 1. The van der Waals surface area contributed by atoms with Crippen molar-refractivity contribution >= 4 is 11.6 Å². The number of hydrogen-bond acceptors (Lipinski definition) is 7. The third-order valence-corrected chi connectivity index (χ3v) is 6.47. The van der Waals surface area contributed by atoms with Crippen molar-refractivity contribution in [2.24, 2.45) is 0 Å². The molecule has 0 amide bonds. The molecule has 1 atom stereocenters. The summed E-state index contributed by atoms with van der Waals surface area (Å²) in [6, 6.07) is 12.5. The first kappa shape index (κ1) is 21.4. The summed E-state index contributed by atoms with van der Waals surface area (Å²) >= 11 is 0. The van der Waals surface area contributed by atoms with Crippen LogP contribution in [-0.2, 0) is 6.42 Å². The van der Waals surface area contributed by atoms with Gasteiger partial charge < -0.3 is 19.9 Å². The van der Waals surface area contributed by atoms with Gasteiger partial charge in [0.15, 0.2) is 0 Å². The Morgan fingerprint density at radius 1 is 1.12 bits per heavy atom. The van der Waals surface area contributed by atoms with E-state index in [1.165, 1.54) is 11.1 Å². The third kappa shape index (κ3) is 4.68. The van der Waals surface area contributed by atoms with E-state index < -0.39 is 0 Å². The number of anilines is 2. The Morgan fingerprint density at radius 3 is 2.79 bits per heavy atom. The largest absolute Gasteiger partial charge is 0.493 e. The van der Waals surface area contributed by atoms with Gasteiger partial charge in [0.25, 0.3) is 0 Å². The highest BCUT2D eigenvalue weighted by atomic mass is 16.5. The maximum Gasteiger partial charge on any atom is 0.129 e.